The fourth-order valence-corrected chi connectivity index (χ4v) is 4.18. The second-order valence-electron chi connectivity index (χ2n) is 7.93. The average Bonchev–Trinajstić information content (AvgIpc) is 3.18. The summed E-state index contributed by atoms with van der Waals surface area (Å²) in [6, 6.07) is 0. The van der Waals surface area contributed by atoms with Crippen LogP contribution < -0.4 is 9.47 Å². The van der Waals surface area contributed by atoms with E-state index in [0.717, 1.165) is 44.5 Å². The second kappa shape index (κ2) is 5.81. The molecule has 0 unspecified atom stereocenters. The number of fused-ring (bicyclic) bond motifs is 2. The Hall–Kier alpha value is -2.88. The Kier molecular flexibility index (Phi) is 3.83. The maximum Gasteiger partial charge on any atom is 0.236 e. The highest BCUT2D eigenvalue weighted by Gasteiger charge is 2.42. The molecule has 0 spiro atoms. The van der Waals surface area contributed by atoms with E-state index in [2.05, 4.69) is 0 Å². The molecule has 4 nitrogen and oxygen atoms in total. The summed E-state index contributed by atoms with van der Waals surface area (Å²) in [6.45, 7) is 15.8. The molecule has 0 amide bonds. The van der Waals surface area contributed by atoms with Gasteiger partial charge in [-0.15, -0.1) is 0 Å². The summed E-state index contributed by atoms with van der Waals surface area (Å²) >= 11 is 0. The molecule has 4 heteroatoms. The van der Waals surface area contributed by atoms with E-state index in [1.165, 1.54) is 0 Å². The van der Waals surface area contributed by atoms with Crippen molar-refractivity contribution in [2.45, 2.75) is 55.4 Å². The molecule has 0 bridgehead atoms. The highest BCUT2D eigenvalue weighted by atomic mass is 16.5. The van der Waals surface area contributed by atoms with Gasteiger partial charge in [0.25, 0.3) is 0 Å². The molecule has 4 rings (SSSR count). The van der Waals surface area contributed by atoms with E-state index in [0.29, 0.717) is 22.6 Å². The third kappa shape index (κ3) is 2.12. The lowest BCUT2D eigenvalue weighted by Crippen LogP contribution is -2.11. The number of hydrogen-bond donors (Lipinski definition) is 0. The van der Waals surface area contributed by atoms with Crippen LogP contribution in [0.2, 0.25) is 0 Å². The quantitative estimate of drug-likeness (QED) is 0.592. The van der Waals surface area contributed by atoms with E-state index in [4.69, 9.17) is 9.47 Å². The Morgan fingerprint density at radius 1 is 0.429 bits per heavy atom. The highest BCUT2D eigenvalue weighted by molar-refractivity contribution is 6.22. The zero-order chi connectivity index (χ0) is 20.7. The van der Waals surface area contributed by atoms with E-state index in [1.807, 2.05) is 55.4 Å². The predicted molar refractivity (Wildman–Crippen MR) is 108 cm³/mol. The summed E-state index contributed by atoms with van der Waals surface area (Å²) in [6.07, 6.45) is 0. The first-order chi connectivity index (χ1) is 13.1. The summed E-state index contributed by atoms with van der Waals surface area (Å²) in [5, 5.41) is 0. The lowest BCUT2D eigenvalue weighted by Gasteiger charge is -2.12. The van der Waals surface area contributed by atoms with Crippen molar-refractivity contribution < 1.29 is 19.1 Å². The van der Waals surface area contributed by atoms with Crippen LogP contribution in [-0.4, -0.2) is 11.6 Å². The zero-order valence-electron chi connectivity index (χ0n) is 17.6. The minimum Gasteiger partial charge on any atom is -0.448 e. The molecule has 0 radical (unpaired) electrons. The normalized spacial score (nSPS) is 17.6. The molecular formula is C24H24O4. The maximum atomic E-state index is 13.2. The molecule has 2 aromatic carbocycles. The first-order valence-electron chi connectivity index (χ1n) is 9.47. The van der Waals surface area contributed by atoms with Crippen molar-refractivity contribution in [3.8, 4) is 11.5 Å². The fraction of sp³-hybridized carbons (Fsp3) is 0.333. The van der Waals surface area contributed by atoms with Gasteiger partial charge >= 0.3 is 0 Å². The van der Waals surface area contributed by atoms with Gasteiger partial charge in [-0.2, -0.15) is 0 Å². The number of carbonyl (C=O) groups excluding carboxylic acids is 2. The van der Waals surface area contributed by atoms with Gasteiger partial charge in [0.15, 0.2) is 0 Å². The summed E-state index contributed by atoms with van der Waals surface area (Å²) in [4.78, 5) is 26.4. The number of ether oxygens (including phenoxy) is 2. The van der Waals surface area contributed by atoms with Gasteiger partial charge in [-0.05, 0) is 99.9 Å². The van der Waals surface area contributed by atoms with E-state index in [9.17, 15) is 9.59 Å². The minimum atomic E-state index is -0.279. The molecule has 144 valence electrons. The molecule has 28 heavy (non-hydrogen) atoms. The molecule has 0 fully saturated rings. The van der Waals surface area contributed by atoms with Crippen molar-refractivity contribution in [2.24, 2.45) is 0 Å². The molecule has 2 aliphatic heterocycles. The van der Waals surface area contributed by atoms with Gasteiger partial charge in [0, 0.05) is 0 Å². The largest absolute Gasteiger partial charge is 0.448 e. The SMILES string of the molecule is Cc1c(C)c(C)c2c(c1C)O/C(=C1/Oc3c(C)c(C)c(C)c(C)c3C1=O)C2=O. The molecule has 2 aromatic rings. The van der Waals surface area contributed by atoms with Crippen LogP contribution in [0, 0.1) is 55.4 Å². The summed E-state index contributed by atoms with van der Waals surface area (Å²) < 4.78 is 12.0. The van der Waals surface area contributed by atoms with Crippen molar-refractivity contribution >= 4 is 11.6 Å². The van der Waals surface area contributed by atoms with Crippen LogP contribution in [0.25, 0.3) is 0 Å². The van der Waals surface area contributed by atoms with E-state index < -0.39 is 0 Å². The molecule has 2 aliphatic rings. The molecule has 0 aliphatic carbocycles. The number of Topliss-reactive ketones (excluding diaryl/α,β-unsaturated/α-hetero) is 2. The van der Waals surface area contributed by atoms with Crippen LogP contribution in [0.4, 0.5) is 0 Å². The summed E-state index contributed by atoms with van der Waals surface area (Å²) in [5.74, 6) is 0.530. The molecule has 2 heterocycles. The Morgan fingerprint density at radius 3 is 1.04 bits per heavy atom. The molecule has 0 aromatic heterocycles. The standard InChI is InChI=1S/C24H24O4/c1-9-11(3)15(7)21-17(13(9)5)19(25)23(27-21)24-20(26)18-14(6)10(2)12(4)16(8)22(18)28-24/h1-8H3/b24-23+. The van der Waals surface area contributed by atoms with Crippen molar-refractivity contribution in [1.82, 2.24) is 0 Å². The van der Waals surface area contributed by atoms with E-state index in [-0.39, 0.29) is 23.1 Å². The van der Waals surface area contributed by atoms with E-state index >= 15 is 0 Å². The number of carbonyl (C=O) groups is 2. The molecule has 0 N–H and O–H groups in total. The van der Waals surface area contributed by atoms with Crippen LogP contribution in [0.15, 0.2) is 11.5 Å². The van der Waals surface area contributed by atoms with Crippen LogP contribution in [0.5, 0.6) is 11.5 Å². The van der Waals surface area contributed by atoms with Gasteiger partial charge in [0.2, 0.25) is 23.1 Å². The number of hydrogen-bond acceptors (Lipinski definition) is 4. The molecule has 0 saturated heterocycles. The van der Waals surface area contributed by atoms with Gasteiger partial charge in [0.1, 0.15) is 11.5 Å². The average molecular weight is 376 g/mol. The Bertz CT molecular complexity index is 1070. The minimum absolute atomic E-state index is 0.00139. The van der Waals surface area contributed by atoms with Crippen LogP contribution in [0.3, 0.4) is 0 Å². The topological polar surface area (TPSA) is 52.6 Å². The Labute approximate surface area is 165 Å². The Balaban J connectivity index is 1.93. The number of allylic oxidation sites excluding steroid dienone is 2. The summed E-state index contributed by atoms with van der Waals surface area (Å²) in [7, 11) is 0. The van der Waals surface area contributed by atoms with Gasteiger partial charge in [-0.3, -0.25) is 9.59 Å². The van der Waals surface area contributed by atoms with Crippen LogP contribution in [0.1, 0.15) is 65.2 Å². The van der Waals surface area contributed by atoms with Gasteiger partial charge in [-0.1, -0.05) is 0 Å². The third-order valence-corrected chi connectivity index (χ3v) is 6.74. The number of benzene rings is 2. The van der Waals surface area contributed by atoms with Gasteiger partial charge < -0.3 is 9.47 Å². The van der Waals surface area contributed by atoms with E-state index in [1.54, 1.807) is 0 Å². The zero-order valence-corrected chi connectivity index (χ0v) is 17.6. The van der Waals surface area contributed by atoms with Crippen LogP contribution in [-0.2, 0) is 0 Å². The molecule has 0 atom stereocenters. The molecule has 0 saturated carbocycles. The third-order valence-electron chi connectivity index (χ3n) is 6.74. The number of ketones is 2. The van der Waals surface area contributed by atoms with Gasteiger partial charge in [-0.25, -0.2) is 0 Å². The molecular weight excluding hydrogens is 352 g/mol. The van der Waals surface area contributed by atoms with Crippen molar-refractivity contribution in [1.29, 1.82) is 0 Å². The smallest absolute Gasteiger partial charge is 0.236 e. The second-order valence-corrected chi connectivity index (χ2v) is 7.93. The van der Waals surface area contributed by atoms with Gasteiger partial charge in [0.05, 0.1) is 11.1 Å². The lowest BCUT2D eigenvalue weighted by atomic mass is 9.91. The fourth-order valence-electron chi connectivity index (χ4n) is 4.18. The predicted octanol–water partition coefficient (Wildman–Crippen LogP) is 5.22. The Morgan fingerprint density at radius 2 is 0.714 bits per heavy atom. The lowest BCUT2D eigenvalue weighted by molar-refractivity contribution is 0.0960. The first-order valence-corrected chi connectivity index (χ1v) is 9.47. The van der Waals surface area contributed by atoms with Crippen molar-refractivity contribution in [2.75, 3.05) is 0 Å². The van der Waals surface area contributed by atoms with Crippen molar-refractivity contribution in [3.05, 3.63) is 67.2 Å². The summed E-state index contributed by atoms with van der Waals surface area (Å²) in [5.41, 5.74) is 9.02. The monoisotopic (exact) mass is 376 g/mol. The first kappa shape index (κ1) is 18.5. The van der Waals surface area contributed by atoms with Crippen LogP contribution >= 0.6 is 0 Å². The maximum absolute atomic E-state index is 13.2. The number of rotatable bonds is 0. The highest BCUT2D eigenvalue weighted by Crippen LogP contribution is 2.45. The van der Waals surface area contributed by atoms with Crippen molar-refractivity contribution in [3.63, 3.8) is 0 Å².